The monoisotopic (exact) mass is 459 g/mol. The average molecular weight is 460 g/mol. The van der Waals surface area contributed by atoms with E-state index in [2.05, 4.69) is 35.7 Å². The maximum absolute atomic E-state index is 12.2. The maximum Gasteiger partial charge on any atom is 0.407 e. The third kappa shape index (κ3) is 7.80. The van der Waals surface area contributed by atoms with Crippen molar-refractivity contribution in [1.29, 1.82) is 0 Å². The fourth-order valence-corrected chi connectivity index (χ4v) is 4.07. The summed E-state index contributed by atoms with van der Waals surface area (Å²) in [5.74, 6) is 0.735. The van der Waals surface area contributed by atoms with E-state index >= 15 is 0 Å². The molecule has 0 atom stereocenters. The van der Waals surface area contributed by atoms with Crippen LogP contribution >= 0.6 is 11.6 Å². The lowest BCUT2D eigenvalue weighted by Gasteiger charge is -2.13. The number of unbranched alkanes of at least 4 members (excludes halogenated alkanes) is 3. The van der Waals surface area contributed by atoms with Crippen molar-refractivity contribution in [2.45, 2.75) is 45.1 Å². The fourth-order valence-electron chi connectivity index (χ4n) is 3.88. The lowest BCUT2D eigenvalue weighted by Crippen LogP contribution is -2.33. The topological polar surface area (TPSA) is 56.8 Å². The summed E-state index contributed by atoms with van der Waals surface area (Å²) in [6.45, 7) is 2.93. The number of fused-ring (bicyclic) bond motifs is 2. The van der Waals surface area contributed by atoms with E-state index in [9.17, 15) is 4.79 Å². The Balaban J connectivity index is 1.34. The van der Waals surface area contributed by atoms with Crippen molar-refractivity contribution in [3.8, 4) is 0 Å². The van der Waals surface area contributed by atoms with Gasteiger partial charge in [-0.05, 0) is 53.0 Å². The zero-order valence-electron chi connectivity index (χ0n) is 18.7. The summed E-state index contributed by atoms with van der Waals surface area (Å²) >= 11 is 5.65. The number of carbonyl (C=O) groups excluding carboxylic acids is 1. The number of ether oxygens (including phenoxy) is 3. The van der Waals surface area contributed by atoms with Crippen molar-refractivity contribution in [2.24, 2.45) is 0 Å². The molecule has 0 heterocycles. The fraction of sp³-hybridized carbons (Fsp3) is 0.500. The van der Waals surface area contributed by atoms with Crippen LogP contribution in [0.25, 0.3) is 22.9 Å². The number of hydrogen-bond acceptors (Lipinski definition) is 4. The Morgan fingerprint density at radius 1 is 0.938 bits per heavy atom. The molecule has 1 aliphatic rings. The minimum absolute atomic E-state index is 0.249. The molecule has 6 heteroatoms. The molecule has 5 nitrogen and oxygen atoms in total. The van der Waals surface area contributed by atoms with Gasteiger partial charge in [-0.25, -0.2) is 4.79 Å². The molecule has 2 aromatic rings. The summed E-state index contributed by atoms with van der Waals surface area (Å²) in [7, 11) is 0. The second-order valence-electron chi connectivity index (χ2n) is 7.90. The van der Waals surface area contributed by atoms with Gasteiger partial charge in [-0.3, -0.25) is 0 Å². The smallest absolute Gasteiger partial charge is 0.407 e. The molecule has 32 heavy (non-hydrogen) atoms. The Morgan fingerprint density at radius 2 is 1.72 bits per heavy atom. The van der Waals surface area contributed by atoms with E-state index < -0.39 is 6.09 Å². The Kier molecular flexibility index (Phi) is 10.9. The van der Waals surface area contributed by atoms with E-state index in [1.54, 1.807) is 0 Å². The molecule has 3 rings (SSSR count). The lowest BCUT2D eigenvalue weighted by molar-refractivity contribution is 0.0467. The first-order chi connectivity index (χ1) is 15.8. The first-order valence-corrected chi connectivity index (χ1v) is 12.2. The van der Waals surface area contributed by atoms with Crippen molar-refractivity contribution in [2.75, 3.05) is 38.9 Å². The van der Waals surface area contributed by atoms with Gasteiger partial charge in [0.2, 0.25) is 0 Å². The van der Waals surface area contributed by atoms with Crippen molar-refractivity contribution >= 4 is 40.6 Å². The second-order valence-corrected chi connectivity index (χ2v) is 8.27. The van der Waals surface area contributed by atoms with Crippen LogP contribution in [0.1, 0.15) is 44.1 Å². The molecule has 1 N–H and O–H groups in total. The summed E-state index contributed by atoms with van der Waals surface area (Å²) in [5.41, 5.74) is 1.07. The van der Waals surface area contributed by atoms with Gasteiger partial charge < -0.3 is 19.5 Å². The van der Waals surface area contributed by atoms with Gasteiger partial charge in [-0.1, -0.05) is 49.3 Å². The molecule has 0 unspecified atom stereocenters. The van der Waals surface area contributed by atoms with Crippen LogP contribution in [0.5, 0.6) is 0 Å². The van der Waals surface area contributed by atoms with Gasteiger partial charge in [0.15, 0.2) is 0 Å². The summed E-state index contributed by atoms with van der Waals surface area (Å²) in [4.78, 5) is 12.2. The molecule has 0 fully saturated rings. The van der Waals surface area contributed by atoms with Gasteiger partial charge in [0.05, 0.1) is 19.8 Å². The number of alkyl carbamates (subject to hydrolysis) is 1. The number of nitrogens with one attached hydrogen (secondary N) is 1. The van der Waals surface area contributed by atoms with Gasteiger partial charge in [0.1, 0.15) is 6.61 Å². The summed E-state index contributed by atoms with van der Waals surface area (Å²) in [6, 6.07) is 10.5. The van der Waals surface area contributed by atoms with Crippen LogP contribution in [0.2, 0.25) is 0 Å². The molecular weight excluding hydrogens is 426 g/mol. The van der Waals surface area contributed by atoms with Gasteiger partial charge in [-0.15, -0.1) is 11.6 Å². The van der Waals surface area contributed by atoms with Crippen LogP contribution in [-0.4, -0.2) is 44.9 Å². The highest BCUT2D eigenvalue weighted by Crippen LogP contribution is 2.16. The molecule has 0 aliphatic heterocycles. The van der Waals surface area contributed by atoms with Crippen molar-refractivity contribution in [3.05, 3.63) is 46.3 Å². The Hall–Kier alpha value is -2.08. The van der Waals surface area contributed by atoms with Crippen LogP contribution in [0.4, 0.5) is 4.79 Å². The second kappa shape index (κ2) is 14.1. The third-order valence-corrected chi connectivity index (χ3v) is 5.79. The molecule has 0 saturated heterocycles. The van der Waals surface area contributed by atoms with Crippen LogP contribution in [0, 0.1) is 0 Å². The quantitative estimate of drug-likeness (QED) is 0.339. The molecule has 1 aliphatic carbocycles. The Labute approximate surface area is 195 Å². The van der Waals surface area contributed by atoms with Gasteiger partial charge >= 0.3 is 6.09 Å². The largest absolute Gasteiger partial charge is 0.445 e. The minimum Gasteiger partial charge on any atom is -0.445 e. The molecule has 0 spiro atoms. The number of benzene rings is 2. The molecular formula is C26H34ClNO4. The average Bonchev–Trinajstić information content (AvgIpc) is 2.82. The molecule has 2 aromatic carbocycles. The molecule has 0 radical (unpaired) electrons. The number of amides is 1. The molecule has 0 bridgehead atoms. The summed E-state index contributed by atoms with van der Waals surface area (Å²) < 4.78 is 16.6. The Morgan fingerprint density at radius 3 is 2.59 bits per heavy atom. The standard InChI is InChI=1S/C26H34ClNO4/c27-13-7-1-2-8-15-30-17-18-31-16-14-28-26(29)32-20-25-23-11-5-3-9-21(23)19-22-10-4-6-12-24(22)25/h3,5,9-12,19H,1-2,4,6-8,13-18,20H2,(H,28,29). The van der Waals surface area contributed by atoms with Crippen LogP contribution in [0.15, 0.2) is 30.3 Å². The Bertz CT molecular complexity index is 976. The predicted molar refractivity (Wildman–Crippen MR) is 130 cm³/mol. The van der Waals surface area contributed by atoms with E-state index in [0.29, 0.717) is 26.4 Å². The van der Waals surface area contributed by atoms with Gasteiger partial charge in [0, 0.05) is 24.6 Å². The first kappa shape index (κ1) is 24.6. The van der Waals surface area contributed by atoms with E-state index in [-0.39, 0.29) is 6.61 Å². The zero-order chi connectivity index (χ0) is 22.4. The van der Waals surface area contributed by atoms with Crippen molar-refractivity contribution < 1.29 is 19.0 Å². The van der Waals surface area contributed by atoms with Crippen molar-refractivity contribution in [3.63, 3.8) is 0 Å². The number of alkyl halides is 1. The van der Waals surface area contributed by atoms with Crippen LogP contribution in [0.3, 0.4) is 0 Å². The normalized spacial score (nSPS) is 12.7. The third-order valence-electron chi connectivity index (χ3n) is 5.52. The highest BCUT2D eigenvalue weighted by atomic mass is 35.5. The van der Waals surface area contributed by atoms with E-state index in [0.717, 1.165) is 62.0 Å². The minimum atomic E-state index is -0.428. The molecule has 0 aromatic heterocycles. The lowest BCUT2D eigenvalue weighted by atomic mass is 9.97. The van der Waals surface area contributed by atoms with E-state index in [4.69, 9.17) is 25.8 Å². The SMILES string of the molecule is O=C(NCCOCCOCCCCCCCl)OCc1c2c(cc3ccccc13)=CCCC=2. The first-order valence-electron chi connectivity index (χ1n) is 11.6. The van der Waals surface area contributed by atoms with Gasteiger partial charge in [0.25, 0.3) is 0 Å². The van der Waals surface area contributed by atoms with Crippen LogP contribution in [-0.2, 0) is 20.8 Å². The number of hydrogen-bond donors (Lipinski definition) is 1. The summed E-state index contributed by atoms with van der Waals surface area (Å²) in [6.07, 6.45) is 10.6. The van der Waals surface area contributed by atoms with Crippen LogP contribution < -0.4 is 15.8 Å². The molecule has 1 amide bonds. The number of carbonyl (C=O) groups is 1. The molecule has 0 saturated carbocycles. The van der Waals surface area contributed by atoms with E-state index in [1.165, 1.54) is 15.8 Å². The highest BCUT2D eigenvalue weighted by Gasteiger charge is 2.10. The number of halogens is 1. The van der Waals surface area contributed by atoms with Gasteiger partial charge in [-0.2, -0.15) is 0 Å². The number of rotatable bonds is 14. The maximum atomic E-state index is 12.2. The van der Waals surface area contributed by atoms with E-state index in [1.807, 2.05) is 12.1 Å². The highest BCUT2D eigenvalue weighted by molar-refractivity contribution is 6.17. The summed E-state index contributed by atoms with van der Waals surface area (Å²) in [5, 5.41) is 7.46. The molecule has 174 valence electrons. The zero-order valence-corrected chi connectivity index (χ0v) is 19.5. The van der Waals surface area contributed by atoms with Crippen molar-refractivity contribution in [1.82, 2.24) is 5.32 Å². The predicted octanol–water partition coefficient (Wildman–Crippen LogP) is 4.25.